The quantitative estimate of drug-likeness (QED) is 0.630. The molecule has 0 aliphatic heterocycles. The average molecular weight is 307 g/mol. The fraction of sp³-hybridized carbons (Fsp3) is 0.188. The molecule has 0 spiro atoms. The maximum absolute atomic E-state index is 13.7. The van der Waals surface area contributed by atoms with Crippen LogP contribution in [-0.2, 0) is 5.88 Å². The molecule has 0 aliphatic carbocycles. The minimum atomic E-state index is -0.302. The van der Waals surface area contributed by atoms with Crippen molar-refractivity contribution in [2.75, 3.05) is 0 Å². The lowest BCUT2D eigenvalue weighted by molar-refractivity contribution is 0.620. The van der Waals surface area contributed by atoms with Crippen LogP contribution in [0.3, 0.4) is 0 Å². The number of aromatic nitrogens is 2. The van der Waals surface area contributed by atoms with E-state index in [9.17, 15) is 8.78 Å². The Hall–Kier alpha value is -1.94. The van der Waals surface area contributed by atoms with Gasteiger partial charge in [-0.2, -0.15) is 0 Å². The summed E-state index contributed by atoms with van der Waals surface area (Å²) >= 11 is 5.97. The Labute approximate surface area is 126 Å². The van der Waals surface area contributed by atoms with Crippen LogP contribution in [0.1, 0.15) is 17.0 Å². The summed E-state index contributed by atoms with van der Waals surface area (Å²) in [7, 11) is 0. The number of benzene rings is 2. The molecule has 0 fully saturated rings. The molecular formula is C16H13ClF2N2. The highest BCUT2D eigenvalue weighted by Gasteiger charge is 2.15. The lowest BCUT2D eigenvalue weighted by atomic mass is 10.1. The van der Waals surface area contributed by atoms with Gasteiger partial charge in [0, 0.05) is 6.07 Å². The summed E-state index contributed by atoms with van der Waals surface area (Å²) in [6.45, 7) is 3.52. The van der Waals surface area contributed by atoms with Crippen LogP contribution in [0.25, 0.3) is 16.7 Å². The van der Waals surface area contributed by atoms with Crippen LogP contribution in [0.15, 0.2) is 30.3 Å². The second-order valence-corrected chi connectivity index (χ2v) is 5.29. The Bertz CT molecular complexity index is 840. The summed E-state index contributed by atoms with van der Waals surface area (Å²) in [5, 5.41) is 0. The molecule has 2 nitrogen and oxygen atoms in total. The van der Waals surface area contributed by atoms with Crippen molar-refractivity contribution in [3.8, 4) is 5.69 Å². The van der Waals surface area contributed by atoms with Crippen molar-refractivity contribution >= 4 is 22.6 Å². The number of hydrogen-bond donors (Lipinski definition) is 0. The third-order valence-electron chi connectivity index (χ3n) is 3.52. The first-order valence-electron chi connectivity index (χ1n) is 6.51. The molecular weight excluding hydrogens is 294 g/mol. The highest BCUT2D eigenvalue weighted by atomic mass is 35.5. The fourth-order valence-electron chi connectivity index (χ4n) is 2.48. The number of hydrogen-bond acceptors (Lipinski definition) is 1. The van der Waals surface area contributed by atoms with Crippen molar-refractivity contribution in [2.45, 2.75) is 19.7 Å². The molecule has 108 valence electrons. The van der Waals surface area contributed by atoms with Crippen LogP contribution < -0.4 is 0 Å². The van der Waals surface area contributed by atoms with Gasteiger partial charge in [0.05, 0.1) is 22.6 Å². The van der Waals surface area contributed by atoms with Gasteiger partial charge in [0.25, 0.3) is 0 Å². The van der Waals surface area contributed by atoms with Crippen LogP contribution in [0, 0.1) is 25.5 Å². The Kier molecular flexibility index (Phi) is 3.41. The molecule has 2 aromatic carbocycles. The third-order valence-corrected chi connectivity index (χ3v) is 3.76. The number of nitrogens with zero attached hydrogens (tertiary/aromatic N) is 2. The van der Waals surface area contributed by atoms with Gasteiger partial charge in [-0.3, -0.25) is 4.57 Å². The topological polar surface area (TPSA) is 17.8 Å². The van der Waals surface area contributed by atoms with Crippen molar-refractivity contribution in [2.24, 2.45) is 0 Å². The summed E-state index contributed by atoms with van der Waals surface area (Å²) in [4.78, 5) is 4.37. The molecule has 3 aromatic rings. The average Bonchev–Trinajstić information content (AvgIpc) is 2.77. The minimum Gasteiger partial charge on any atom is -0.295 e. The first kappa shape index (κ1) is 14.0. The predicted octanol–water partition coefficient (Wildman–Crippen LogP) is 4.66. The second kappa shape index (κ2) is 5.11. The maximum Gasteiger partial charge on any atom is 0.129 e. The van der Waals surface area contributed by atoms with Gasteiger partial charge in [-0.05, 0) is 49.2 Å². The summed E-state index contributed by atoms with van der Waals surface area (Å²) in [6.07, 6.45) is 0. The molecule has 0 amide bonds. The summed E-state index contributed by atoms with van der Waals surface area (Å²) in [5.74, 6) is 0.192. The second-order valence-electron chi connectivity index (χ2n) is 5.02. The van der Waals surface area contributed by atoms with Gasteiger partial charge in [-0.1, -0.05) is 0 Å². The van der Waals surface area contributed by atoms with Crippen molar-refractivity contribution < 1.29 is 8.78 Å². The fourth-order valence-corrected chi connectivity index (χ4v) is 2.66. The van der Waals surface area contributed by atoms with Gasteiger partial charge in [0.1, 0.15) is 17.5 Å². The monoisotopic (exact) mass is 306 g/mol. The molecule has 0 radical (unpaired) electrons. The first-order chi connectivity index (χ1) is 10.0. The van der Waals surface area contributed by atoms with Crippen LogP contribution >= 0.6 is 11.6 Å². The van der Waals surface area contributed by atoms with Gasteiger partial charge in [0.15, 0.2) is 0 Å². The number of rotatable bonds is 2. The van der Waals surface area contributed by atoms with Crippen LogP contribution in [0.5, 0.6) is 0 Å². The van der Waals surface area contributed by atoms with Gasteiger partial charge < -0.3 is 0 Å². The van der Waals surface area contributed by atoms with E-state index >= 15 is 0 Å². The maximum atomic E-state index is 13.7. The highest BCUT2D eigenvalue weighted by Crippen LogP contribution is 2.27. The van der Waals surface area contributed by atoms with E-state index in [1.807, 2.05) is 11.5 Å². The van der Waals surface area contributed by atoms with E-state index in [2.05, 4.69) is 4.98 Å². The molecule has 0 N–H and O–H groups in total. The summed E-state index contributed by atoms with van der Waals surface area (Å²) in [5.41, 5.74) is 3.39. The van der Waals surface area contributed by atoms with E-state index in [4.69, 9.17) is 11.6 Å². The normalized spacial score (nSPS) is 11.3. The molecule has 0 aliphatic rings. The summed E-state index contributed by atoms with van der Waals surface area (Å²) in [6, 6.07) is 7.66. The molecule has 0 saturated heterocycles. The van der Waals surface area contributed by atoms with Crippen molar-refractivity contribution in [3.05, 3.63) is 58.9 Å². The van der Waals surface area contributed by atoms with E-state index < -0.39 is 0 Å². The molecule has 0 unspecified atom stereocenters. The molecule has 0 atom stereocenters. The zero-order valence-electron chi connectivity index (χ0n) is 11.6. The lowest BCUT2D eigenvalue weighted by Gasteiger charge is -2.11. The molecule has 0 bridgehead atoms. The van der Waals surface area contributed by atoms with Crippen molar-refractivity contribution in [3.63, 3.8) is 0 Å². The number of halogens is 3. The number of fused-ring (bicyclic) bond motifs is 1. The third kappa shape index (κ3) is 2.29. The molecule has 3 rings (SSSR count). The van der Waals surface area contributed by atoms with Crippen molar-refractivity contribution in [1.29, 1.82) is 0 Å². The molecule has 5 heteroatoms. The van der Waals surface area contributed by atoms with Crippen LogP contribution in [0.4, 0.5) is 8.78 Å². The van der Waals surface area contributed by atoms with Gasteiger partial charge in [-0.25, -0.2) is 13.8 Å². The standard InChI is InChI=1S/C16H13ClF2N2/c1-9-6-15-13(7-12(9)19)20-16(8-17)21(15)14-4-3-11(18)5-10(14)2/h3-7H,8H2,1-2H3. The lowest BCUT2D eigenvalue weighted by Crippen LogP contribution is -2.02. The summed E-state index contributed by atoms with van der Waals surface area (Å²) < 4.78 is 28.8. The molecule has 1 aromatic heterocycles. The van der Waals surface area contributed by atoms with E-state index in [0.717, 1.165) is 16.8 Å². The first-order valence-corrected chi connectivity index (χ1v) is 7.04. The highest BCUT2D eigenvalue weighted by molar-refractivity contribution is 6.17. The molecule has 21 heavy (non-hydrogen) atoms. The van der Waals surface area contributed by atoms with Crippen LogP contribution in [0.2, 0.25) is 0 Å². The Morgan fingerprint density at radius 2 is 1.86 bits per heavy atom. The zero-order chi connectivity index (χ0) is 15.1. The Morgan fingerprint density at radius 1 is 1.10 bits per heavy atom. The Morgan fingerprint density at radius 3 is 2.52 bits per heavy atom. The Balaban J connectivity index is 2.37. The molecule has 0 saturated carbocycles. The van der Waals surface area contributed by atoms with Gasteiger partial charge in [0.2, 0.25) is 0 Å². The van der Waals surface area contributed by atoms with Crippen LogP contribution in [-0.4, -0.2) is 9.55 Å². The van der Waals surface area contributed by atoms with E-state index in [1.54, 1.807) is 19.1 Å². The number of alkyl halides is 1. The zero-order valence-corrected chi connectivity index (χ0v) is 12.4. The van der Waals surface area contributed by atoms with Gasteiger partial charge in [-0.15, -0.1) is 11.6 Å². The van der Waals surface area contributed by atoms with E-state index in [0.29, 0.717) is 16.9 Å². The largest absolute Gasteiger partial charge is 0.295 e. The van der Waals surface area contributed by atoms with Crippen molar-refractivity contribution in [1.82, 2.24) is 9.55 Å². The predicted molar refractivity (Wildman–Crippen MR) is 80.0 cm³/mol. The smallest absolute Gasteiger partial charge is 0.129 e. The SMILES string of the molecule is Cc1cc2c(cc1F)nc(CCl)n2-c1ccc(F)cc1C. The minimum absolute atomic E-state index is 0.187. The van der Waals surface area contributed by atoms with E-state index in [-0.39, 0.29) is 17.5 Å². The molecule has 1 heterocycles. The van der Waals surface area contributed by atoms with Gasteiger partial charge >= 0.3 is 0 Å². The number of aryl methyl sites for hydroxylation is 2. The van der Waals surface area contributed by atoms with E-state index in [1.165, 1.54) is 18.2 Å². The number of imidazole rings is 1.